The first-order chi connectivity index (χ1) is 7.79. The Morgan fingerprint density at radius 3 is 2.62 bits per heavy atom. The molecule has 5 heteroatoms. The van der Waals surface area contributed by atoms with Gasteiger partial charge in [-0.05, 0) is 24.3 Å². The van der Waals surface area contributed by atoms with Crippen molar-refractivity contribution in [3.63, 3.8) is 0 Å². The van der Waals surface area contributed by atoms with E-state index in [9.17, 15) is 0 Å². The molecule has 0 aliphatic rings. The number of hydrogen-bond donors (Lipinski definition) is 2. The minimum Gasteiger partial charge on any atom is -0.495 e. The van der Waals surface area contributed by atoms with Gasteiger partial charge in [0.1, 0.15) is 5.75 Å². The molecule has 1 aromatic heterocycles. The number of aromatic nitrogens is 2. The second-order valence-electron chi connectivity index (χ2n) is 3.15. The van der Waals surface area contributed by atoms with E-state index >= 15 is 0 Å². The topological polar surface area (TPSA) is 73.1 Å². The minimum atomic E-state index is 0.534. The van der Waals surface area contributed by atoms with E-state index in [0.29, 0.717) is 17.4 Å². The molecule has 2 aromatic rings. The molecule has 0 saturated heterocycles. The molecule has 0 aliphatic carbocycles. The maximum Gasteiger partial charge on any atom is 0.227 e. The van der Waals surface area contributed by atoms with Gasteiger partial charge in [-0.3, -0.25) is 0 Å². The van der Waals surface area contributed by atoms with Gasteiger partial charge < -0.3 is 15.8 Å². The number of nitrogen functional groups attached to an aromatic ring is 1. The van der Waals surface area contributed by atoms with Gasteiger partial charge in [0.05, 0.1) is 12.8 Å². The molecule has 0 spiro atoms. The summed E-state index contributed by atoms with van der Waals surface area (Å²) in [5.74, 6) is 1.19. The summed E-state index contributed by atoms with van der Waals surface area (Å²) in [6.45, 7) is 0. The van der Waals surface area contributed by atoms with Crippen LogP contribution >= 0.6 is 0 Å². The third kappa shape index (κ3) is 2.20. The molecule has 2 rings (SSSR count). The third-order valence-electron chi connectivity index (χ3n) is 2.05. The number of methoxy groups -OCH3 is 1. The van der Waals surface area contributed by atoms with Crippen LogP contribution in [0.2, 0.25) is 0 Å². The summed E-state index contributed by atoms with van der Waals surface area (Å²) in [5, 5.41) is 3.04. The van der Waals surface area contributed by atoms with E-state index in [1.165, 1.54) is 0 Å². The predicted octanol–water partition coefficient (Wildman–Crippen LogP) is 1.81. The number of benzene rings is 1. The highest BCUT2D eigenvalue weighted by molar-refractivity contribution is 5.65. The second-order valence-corrected chi connectivity index (χ2v) is 3.15. The molecule has 0 unspecified atom stereocenters. The Morgan fingerprint density at radius 1 is 1.25 bits per heavy atom. The number of anilines is 3. The number of ether oxygens (including phenoxy) is 1. The zero-order valence-electron chi connectivity index (χ0n) is 8.84. The van der Waals surface area contributed by atoms with E-state index in [1.807, 2.05) is 6.07 Å². The van der Waals surface area contributed by atoms with Crippen LogP contribution in [0.15, 0.2) is 36.7 Å². The van der Waals surface area contributed by atoms with Crippen molar-refractivity contribution in [2.45, 2.75) is 0 Å². The van der Waals surface area contributed by atoms with Crippen molar-refractivity contribution in [2.75, 3.05) is 18.2 Å². The van der Waals surface area contributed by atoms with Crippen LogP contribution in [0.5, 0.6) is 5.75 Å². The Morgan fingerprint density at radius 2 is 2.00 bits per heavy atom. The van der Waals surface area contributed by atoms with Crippen molar-refractivity contribution in [2.24, 2.45) is 0 Å². The van der Waals surface area contributed by atoms with E-state index in [-0.39, 0.29) is 0 Å². The Hall–Kier alpha value is -2.30. The van der Waals surface area contributed by atoms with Gasteiger partial charge in [0.15, 0.2) is 0 Å². The summed E-state index contributed by atoms with van der Waals surface area (Å²) in [6, 6.07) is 7.18. The maximum atomic E-state index is 5.78. The number of nitrogens with zero attached hydrogens (tertiary/aromatic N) is 2. The van der Waals surface area contributed by atoms with Gasteiger partial charge in [0, 0.05) is 18.1 Å². The highest BCUT2D eigenvalue weighted by Gasteiger charge is 2.01. The van der Waals surface area contributed by atoms with Gasteiger partial charge in [-0.15, -0.1) is 0 Å². The molecule has 0 bridgehead atoms. The minimum absolute atomic E-state index is 0.534. The number of nitrogens with one attached hydrogen (secondary N) is 1. The van der Waals surface area contributed by atoms with Gasteiger partial charge in [0.25, 0.3) is 0 Å². The molecule has 0 aliphatic heterocycles. The molecular formula is C11H12N4O. The normalized spacial score (nSPS) is 9.81. The molecule has 82 valence electrons. The SMILES string of the molecule is COc1ccc(Nc2ncccn2)cc1N. The van der Waals surface area contributed by atoms with Crippen LogP contribution < -0.4 is 15.8 Å². The fourth-order valence-corrected chi connectivity index (χ4v) is 1.30. The summed E-state index contributed by atoms with van der Waals surface area (Å²) in [6.07, 6.45) is 3.34. The molecule has 1 heterocycles. The van der Waals surface area contributed by atoms with Gasteiger partial charge in [-0.2, -0.15) is 0 Å². The van der Waals surface area contributed by atoms with Crippen molar-refractivity contribution in [1.29, 1.82) is 0 Å². The van der Waals surface area contributed by atoms with Crippen molar-refractivity contribution < 1.29 is 4.74 Å². The third-order valence-corrected chi connectivity index (χ3v) is 2.05. The number of nitrogens with two attached hydrogens (primary N) is 1. The highest BCUT2D eigenvalue weighted by Crippen LogP contribution is 2.25. The molecule has 0 amide bonds. The predicted molar refractivity (Wildman–Crippen MR) is 62.7 cm³/mol. The van der Waals surface area contributed by atoms with Crippen LogP contribution in [0, 0.1) is 0 Å². The lowest BCUT2D eigenvalue weighted by Gasteiger charge is -2.08. The first-order valence-corrected chi connectivity index (χ1v) is 4.77. The van der Waals surface area contributed by atoms with Gasteiger partial charge in [-0.1, -0.05) is 0 Å². The lowest BCUT2D eigenvalue weighted by atomic mass is 10.2. The van der Waals surface area contributed by atoms with Crippen LogP contribution in [0.4, 0.5) is 17.3 Å². The van der Waals surface area contributed by atoms with Crippen molar-refractivity contribution >= 4 is 17.3 Å². The molecule has 1 aromatic carbocycles. The van der Waals surface area contributed by atoms with Crippen LogP contribution in [-0.4, -0.2) is 17.1 Å². The summed E-state index contributed by atoms with van der Waals surface area (Å²) < 4.78 is 5.07. The van der Waals surface area contributed by atoms with Gasteiger partial charge in [0.2, 0.25) is 5.95 Å². The first-order valence-electron chi connectivity index (χ1n) is 4.77. The lowest BCUT2D eigenvalue weighted by Crippen LogP contribution is -1.98. The van der Waals surface area contributed by atoms with Crippen LogP contribution in [0.1, 0.15) is 0 Å². The molecule has 3 N–H and O–H groups in total. The molecule has 16 heavy (non-hydrogen) atoms. The van der Waals surface area contributed by atoms with E-state index < -0.39 is 0 Å². The standard InChI is InChI=1S/C11H12N4O/c1-16-10-4-3-8(7-9(10)12)15-11-13-5-2-6-14-11/h2-7H,12H2,1H3,(H,13,14,15). The number of hydrogen-bond acceptors (Lipinski definition) is 5. The fourth-order valence-electron chi connectivity index (χ4n) is 1.30. The molecule has 0 saturated carbocycles. The van der Waals surface area contributed by atoms with Crippen molar-refractivity contribution in [3.05, 3.63) is 36.7 Å². The molecule has 0 radical (unpaired) electrons. The average Bonchev–Trinajstić information content (AvgIpc) is 2.31. The summed E-state index contributed by atoms with van der Waals surface area (Å²) in [4.78, 5) is 8.10. The number of rotatable bonds is 3. The molecule has 0 fully saturated rings. The van der Waals surface area contributed by atoms with Crippen LogP contribution in [0.3, 0.4) is 0 Å². The van der Waals surface area contributed by atoms with E-state index in [0.717, 1.165) is 5.69 Å². The molecule has 5 nitrogen and oxygen atoms in total. The van der Waals surface area contributed by atoms with Crippen molar-refractivity contribution in [3.8, 4) is 5.75 Å². The van der Waals surface area contributed by atoms with Crippen LogP contribution in [-0.2, 0) is 0 Å². The Bertz CT molecular complexity index is 473. The quantitative estimate of drug-likeness (QED) is 0.765. The lowest BCUT2D eigenvalue weighted by molar-refractivity contribution is 0.417. The Kier molecular flexibility index (Phi) is 2.86. The molecule has 0 atom stereocenters. The Labute approximate surface area is 93.3 Å². The van der Waals surface area contributed by atoms with E-state index in [4.69, 9.17) is 10.5 Å². The largest absolute Gasteiger partial charge is 0.495 e. The smallest absolute Gasteiger partial charge is 0.227 e. The zero-order valence-corrected chi connectivity index (χ0v) is 8.84. The summed E-state index contributed by atoms with van der Waals surface area (Å²) in [7, 11) is 1.58. The zero-order chi connectivity index (χ0) is 11.4. The molecular weight excluding hydrogens is 204 g/mol. The van der Waals surface area contributed by atoms with Crippen LogP contribution in [0.25, 0.3) is 0 Å². The monoisotopic (exact) mass is 216 g/mol. The van der Waals surface area contributed by atoms with Crippen molar-refractivity contribution in [1.82, 2.24) is 9.97 Å². The van der Waals surface area contributed by atoms with E-state index in [1.54, 1.807) is 37.7 Å². The maximum absolute atomic E-state index is 5.78. The average molecular weight is 216 g/mol. The summed E-state index contributed by atoms with van der Waals surface area (Å²) >= 11 is 0. The van der Waals surface area contributed by atoms with E-state index in [2.05, 4.69) is 15.3 Å². The second kappa shape index (κ2) is 4.48. The first kappa shape index (κ1) is 10.2. The fraction of sp³-hybridized carbons (Fsp3) is 0.0909. The van der Waals surface area contributed by atoms with Gasteiger partial charge in [-0.25, -0.2) is 9.97 Å². The van der Waals surface area contributed by atoms with Gasteiger partial charge >= 0.3 is 0 Å². The Balaban J connectivity index is 2.20. The summed E-state index contributed by atoms with van der Waals surface area (Å²) in [5.41, 5.74) is 7.18. The highest BCUT2D eigenvalue weighted by atomic mass is 16.5.